The van der Waals surface area contributed by atoms with Crippen molar-refractivity contribution in [2.45, 2.75) is 27.2 Å². The first-order chi connectivity index (χ1) is 9.02. The molecule has 19 heavy (non-hydrogen) atoms. The van der Waals surface area contributed by atoms with Crippen LogP contribution in [-0.4, -0.2) is 30.5 Å². The number of rotatable bonds is 8. The second kappa shape index (κ2) is 7.61. The van der Waals surface area contributed by atoms with Gasteiger partial charge < -0.3 is 15.4 Å². The molecule has 0 fully saturated rings. The minimum Gasteiger partial charge on any atom is -0.478 e. The lowest BCUT2D eigenvalue weighted by Gasteiger charge is -2.25. The summed E-state index contributed by atoms with van der Waals surface area (Å²) < 4.78 is 5.42. The molecule has 0 aliphatic rings. The van der Waals surface area contributed by atoms with E-state index in [1.807, 2.05) is 25.1 Å². The van der Waals surface area contributed by atoms with Crippen molar-refractivity contribution in [3.8, 4) is 5.88 Å². The summed E-state index contributed by atoms with van der Waals surface area (Å²) in [4.78, 5) is 6.63. The molecule has 5 nitrogen and oxygen atoms in total. The molecule has 0 unspecified atom stereocenters. The maximum atomic E-state index is 7.35. The fourth-order valence-corrected chi connectivity index (χ4v) is 1.80. The van der Waals surface area contributed by atoms with Crippen molar-refractivity contribution in [1.29, 1.82) is 5.41 Å². The molecule has 1 rings (SSSR count). The van der Waals surface area contributed by atoms with Gasteiger partial charge in [0.25, 0.3) is 0 Å². The van der Waals surface area contributed by atoms with Gasteiger partial charge in [0.2, 0.25) is 5.88 Å². The van der Waals surface area contributed by atoms with Crippen LogP contribution in [0.4, 0.5) is 5.82 Å². The first-order valence-corrected chi connectivity index (χ1v) is 6.70. The summed E-state index contributed by atoms with van der Waals surface area (Å²) in [6.07, 6.45) is 0.549. The number of nitrogens with one attached hydrogen (secondary N) is 1. The Balaban J connectivity index is 2.82. The minimum atomic E-state index is 0.203. The van der Waals surface area contributed by atoms with Gasteiger partial charge in [-0.05, 0) is 18.9 Å². The Labute approximate surface area is 115 Å². The van der Waals surface area contributed by atoms with Crippen molar-refractivity contribution in [2.24, 2.45) is 11.7 Å². The lowest BCUT2D eigenvalue weighted by atomic mass is 10.2. The molecule has 0 radical (unpaired) electrons. The number of pyridine rings is 1. The van der Waals surface area contributed by atoms with Crippen LogP contribution in [0.1, 0.15) is 27.2 Å². The maximum absolute atomic E-state index is 7.35. The van der Waals surface area contributed by atoms with Crippen LogP contribution in [0, 0.1) is 11.3 Å². The Bertz CT molecular complexity index is 406. The first-order valence-electron chi connectivity index (χ1n) is 6.70. The fourth-order valence-electron chi connectivity index (χ4n) is 1.80. The molecule has 1 aromatic rings. The molecule has 106 valence electrons. The second-order valence-corrected chi connectivity index (χ2v) is 4.88. The van der Waals surface area contributed by atoms with Gasteiger partial charge >= 0.3 is 0 Å². The van der Waals surface area contributed by atoms with Gasteiger partial charge in [0.15, 0.2) is 0 Å². The number of ether oxygens (including phenoxy) is 1. The van der Waals surface area contributed by atoms with Crippen molar-refractivity contribution in [1.82, 2.24) is 4.98 Å². The van der Waals surface area contributed by atoms with Crippen LogP contribution in [0.2, 0.25) is 0 Å². The van der Waals surface area contributed by atoms with Crippen molar-refractivity contribution < 1.29 is 4.74 Å². The Morgan fingerprint density at radius 2 is 2.21 bits per heavy atom. The monoisotopic (exact) mass is 264 g/mol. The molecule has 0 saturated carbocycles. The maximum Gasteiger partial charge on any atom is 0.215 e. The lowest BCUT2D eigenvalue weighted by Crippen LogP contribution is -2.31. The molecule has 0 spiro atoms. The van der Waals surface area contributed by atoms with Crippen LogP contribution in [0.5, 0.6) is 5.88 Å². The van der Waals surface area contributed by atoms with Gasteiger partial charge in [-0.25, -0.2) is 0 Å². The van der Waals surface area contributed by atoms with E-state index in [9.17, 15) is 0 Å². The van der Waals surface area contributed by atoms with Crippen molar-refractivity contribution >= 4 is 11.7 Å². The van der Waals surface area contributed by atoms with Crippen LogP contribution in [-0.2, 0) is 0 Å². The number of hydrogen-bond donors (Lipinski definition) is 2. The lowest BCUT2D eigenvalue weighted by molar-refractivity contribution is 0.327. The molecular formula is C14H24N4O. The van der Waals surface area contributed by atoms with E-state index in [4.69, 9.17) is 15.9 Å². The van der Waals surface area contributed by atoms with Gasteiger partial charge in [0.05, 0.1) is 12.4 Å². The molecule has 3 N–H and O–H groups in total. The summed E-state index contributed by atoms with van der Waals surface area (Å²) in [7, 11) is 0. The largest absolute Gasteiger partial charge is 0.478 e. The quantitative estimate of drug-likeness (QED) is 0.558. The molecule has 0 amide bonds. The summed E-state index contributed by atoms with van der Waals surface area (Å²) in [5.41, 5.74) is 5.44. The van der Waals surface area contributed by atoms with Gasteiger partial charge in [-0.1, -0.05) is 19.9 Å². The van der Waals surface area contributed by atoms with E-state index in [-0.39, 0.29) is 5.84 Å². The highest BCUT2D eigenvalue weighted by molar-refractivity contribution is 5.77. The average molecular weight is 264 g/mol. The summed E-state index contributed by atoms with van der Waals surface area (Å²) in [6, 6.07) is 5.75. The number of hydrogen-bond acceptors (Lipinski definition) is 4. The van der Waals surface area contributed by atoms with Crippen molar-refractivity contribution in [3.05, 3.63) is 18.2 Å². The Kier molecular flexibility index (Phi) is 6.12. The minimum absolute atomic E-state index is 0.203. The van der Waals surface area contributed by atoms with Crippen LogP contribution < -0.4 is 15.4 Å². The zero-order chi connectivity index (χ0) is 14.3. The fraction of sp³-hybridized carbons (Fsp3) is 0.571. The predicted molar refractivity (Wildman–Crippen MR) is 79.0 cm³/mol. The highest BCUT2D eigenvalue weighted by Gasteiger charge is 2.11. The van der Waals surface area contributed by atoms with E-state index in [2.05, 4.69) is 23.7 Å². The van der Waals surface area contributed by atoms with Gasteiger partial charge in [0.1, 0.15) is 5.82 Å². The summed E-state index contributed by atoms with van der Waals surface area (Å²) >= 11 is 0. The van der Waals surface area contributed by atoms with Crippen LogP contribution >= 0.6 is 0 Å². The molecule has 0 saturated heterocycles. The topological polar surface area (TPSA) is 75.2 Å². The number of nitrogens with two attached hydrogens (primary N) is 1. The van der Waals surface area contributed by atoms with Crippen LogP contribution in [0.3, 0.4) is 0 Å². The SMILES string of the molecule is CCOc1cccc(N(CCC(=N)N)CC(C)C)n1. The third-order valence-electron chi connectivity index (χ3n) is 2.56. The molecule has 0 aliphatic carbocycles. The first kappa shape index (κ1) is 15.3. The van der Waals surface area contributed by atoms with Crippen molar-refractivity contribution in [3.63, 3.8) is 0 Å². The molecule has 0 aromatic carbocycles. The standard InChI is InChI=1S/C14H24N4O/c1-4-19-14-7-5-6-13(17-14)18(10-11(2)3)9-8-12(15)16/h5-7,11H,4,8-10H2,1-3H3,(H3,15,16). The van der Waals surface area contributed by atoms with Gasteiger partial charge in [0, 0.05) is 25.6 Å². The van der Waals surface area contributed by atoms with E-state index >= 15 is 0 Å². The Morgan fingerprint density at radius 1 is 1.47 bits per heavy atom. The highest BCUT2D eigenvalue weighted by Crippen LogP contribution is 2.17. The van der Waals surface area contributed by atoms with E-state index in [1.54, 1.807) is 0 Å². The van der Waals surface area contributed by atoms with Gasteiger partial charge in [-0.15, -0.1) is 0 Å². The van der Waals surface area contributed by atoms with Crippen LogP contribution in [0.25, 0.3) is 0 Å². The molecule has 5 heteroatoms. The summed E-state index contributed by atoms with van der Waals surface area (Å²) in [6.45, 7) is 8.45. The number of aromatic nitrogens is 1. The van der Waals surface area contributed by atoms with E-state index in [0.29, 0.717) is 31.4 Å². The molecule has 0 atom stereocenters. The average Bonchev–Trinajstić information content (AvgIpc) is 2.34. The predicted octanol–water partition coefficient (Wildman–Crippen LogP) is 2.27. The van der Waals surface area contributed by atoms with Gasteiger partial charge in [-0.2, -0.15) is 4.98 Å². The zero-order valence-corrected chi connectivity index (χ0v) is 12.0. The van der Waals surface area contributed by atoms with E-state index in [1.165, 1.54) is 0 Å². The van der Waals surface area contributed by atoms with E-state index in [0.717, 1.165) is 12.4 Å². The van der Waals surface area contributed by atoms with E-state index < -0.39 is 0 Å². The third kappa shape index (κ3) is 5.59. The smallest absolute Gasteiger partial charge is 0.215 e. The molecule has 0 aliphatic heterocycles. The molecular weight excluding hydrogens is 240 g/mol. The second-order valence-electron chi connectivity index (χ2n) is 4.88. The number of nitrogens with zero attached hydrogens (tertiary/aromatic N) is 2. The molecule has 0 bridgehead atoms. The Morgan fingerprint density at radius 3 is 2.79 bits per heavy atom. The molecule has 1 heterocycles. The van der Waals surface area contributed by atoms with Crippen molar-refractivity contribution in [2.75, 3.05) is 24.6 Å². The number of anilines is 1. The zero-order valence-electron chi connectivity index (χ0n) is 12.0. The van der Waals surface area contributed by atoms with Gasteiger partial charge in [-0.3, -0.25) is 5.41 Å². The summed E-state index contributed by atoms with van der Waals surface area (Å²) in [5, 5.41) is 7.35. The highest BCUT2D eigenvalue weighted by atomic mass is 16.5. The molecule has 1 aromatic heterocycles. The normalized spacial score (nSPS) is 10.5. The summed E-state index contributed by atoms with van der Waals surface area (Å²) in [5.74, 6) is 2.23. The third-order valence-corrected chi connectivity index (χ3v) is 2.56. The number of amidine groups is 1. The van der Waals surface area contributed by atoms with Crippen LogP contribution in [0.15, 0.2) is 18.2 Å². The Hall–Kier alpha value is -1.78.